The van der Waals surface area contributed by atoms with Gasteiger partial charge in [0.1, 0.15) is 10.6 Å². The molecule has 2 aromatic carbocycles. The van der Waals surface area contributed by atoms with E-state index in [1.165, 1.54) is 24.3 Å². The summed E-state index contributed by atoms with van der Waals surface area (Å²) < 4.78 is 63.3. The highest BCUT2D eigenvalue weighted by molar-refractivity contribution is 7.92. The fourth-order valence-electron chi connectivity index (χ4n) is 1.62. The minimum Gasteiger partial charge on any atom is -0.507 e. The second-order valence-electron chi connectivity index (χ2n) is 4.15. The minimum absolute atomic E-state index is 0.0359. The van der Waals surface area contributed by atoms with Gasteiger partial charge in [-0.2, -0.15) is 13.2 Å². The summed E-state index contributed by atoms with van der Waals surface area (Å²) >= 11 is 0. The molecule has 0 bridgehead atoms. The van der Waals surface area contributed by atoms with Crippen molar-refractivity contribution in [2.24, 2.45) is 0 Å². The quantitative estimate of drug-likeness (QED) is 0.913. The van der Waals surface area contributed by atoms with Crippen molar-refractivity contribution >= 4 is 15.7 Å². The normalized spacial score (nSPS) is 12.1. The van der Waals surface area contributed by atoms with E-state index in [1.807, 2.05) is 0 Å². The topological polar surface area (TPSA) is 66.4 Å². The van der Waals surface area contributed by atoms with Gasteiger partial charge in [0.2, 0.25) is 0 Å². The van der Waals surface area contributed by atoms with Crippen molar-refractivity contribution in [3.8, 4) is 5.75 Å². The first kappa shape index (κ1) is 15.2. The van der Waals surface area contributed by atoms with Crippen LogP contribution in [0.5, 0.6) is 5.75 Å². The smallest absolute Gasteiger partial charge is 0.416 e. The molecule has 0 saturated heterocycles. The Labute approximate surface area is 118 Å². The molecule has 0 aliphatic carbocycles. The highest BCUT2D eigenvalue weighted by atomic mass is 32.2. The molecule has 2 aromatic rings. The number of aromatic hydroxyl groups is 1. The molecule has 0 spiro atoms. The SMILES string of the molecule is O=S(=O)(Nc1ccc(C(F)(F)F)cc1)c1ccccc1O. The van der Waals surface area contributed by atoms with Gasteiger partial charge in [-0.3, -0.25) is 4.72 Å². The lowest BCUT2D eigenvalue weighted by molar-refractivity contribution is -0.137. The van der Waals surface area contributed by atoms with Crippen LogP contribution in [-0.4, -0.2) is 13.5 Å². The molecule has 21 heavy (non-hydrogen) atoms. The van der Waals surface area contributed by atoms with E-state index in [4.69, 9.17) is 0 Å². The van der Waals surface area contributed by atoms with Crippen molar-refractivity contribution in [1.82, 2.24) is 0 Å². The van der Waals surface area contributed by atoms with Crippen molar-refractivity contribution in [3.63, 3.8) is 0 Å². The number of para-hydroxylation sites is 1. The first-order valence-electron chi connectivity index (χ1n) is 5.68. The van der Waals surface area contributed by atoms with E-state index in [-0.39, 0.29) is 10.6 Å². The van der Waals surface area contributed by atoms with Crippen LogP contribution in [0.1, 0.15) is 5.56 Å². The Morgan fingerprint density at radius 1 is 0.952 bits per heavy atom. The van der Waals surface area contributed by atoms with Crippen LogP contribution in [0.15, 0.2) is 53.4 Å². The Morgan fingerprint density at radius 3 is 2.05 bits per heavy atom. The van der Waals surface area contributed by atoms with Gasteiger partial charge in [-0.1, -0.05) is 12.1 Å². The van der Waals surface area contributed by atoms with E-state index in [2.05, 4.69) is 4.72 Å². The molecule has 0 aliphatic rings. The Hall–Kier alpha value is -2.22. The fourth-order valence-corrected chi connectivity index (χ4v) is 2.78. The van der Waals surface area contributed by atoms with E-state index in [9.17, 15) is 26.7 Å². The Morgan fingerprint density at radius 2 is 1.52 bits per heavy atom. The third kappa shape index (κ3) is 3.46. The molecular formula is C13H10F3NO3S. The molecule has 0 saturated carbocycles. The number of phenolic OH excluding ortho intramolecular Hbond substituents is 1. The van der Waals surface area contributed by atoms with Gasteiger partial charge < -0.3 is 5.11 Å². The maximum Gasteiger partial charge on any atom is 0.416 e. The lowest BCUT2D eigenvalue weighted by Crippen LogP contribution is -2.13. The van der Waals surface area contributed by atoms with Crippen LogP contribution in [0.25, 0.3) is 0 Å². The average molecular weight is 317 g/mol. The molecule has 0 radical (unpaired) electrons. The molecule has 0 aromatic heterocycles. The first-order chi connectivity index (χ1) is 9.70. The number of halogens is 3. The van der Waals surface area contributed by atoms with Gasteiger partial charge in [0.15, 0.2) is 0 Å². The van der Waals surface area contributed by atoms with Gasteiger partial charge in [0.25, 0.3) is 10.0 Å². The van der Waals surface area contributed by atoms with Crippen LogP contribution >= 0.6 is 0 Å². The molecule has 0 atom stereocenters. The maximum absolute atomic E-state index is 12.4. The van der Waals surface area contributed by atoms with Crippen molar-refractivity contribution in [3.05, 3.63) is 54.1 Å². The number of anilines is 1. The second-order valence-corrected chi connectivity index (χ2v) is 5.80. The predicted molar refractivity (Wildman–Crippen MR) is 70.4 cm³/mol. The lowest BCUT2D eigenvalue weighted by atomic mass is 10.2. The number of phenols is 1. The number of nitrogens with one attached hydrogen (secondary N) is 1. The van der Waals surface area contributed by atoms with E-state index >= 15 is 0 Å². The summed E-state index contributed by atoms with van der Waals surface area (Å²) in [5, 5.41) is 9.51. The molecule has 4 nitrogen and oxygen atoms in total. The first-order valence-corrected chi connectivity index (χ1v) is 7.16. The van der Waals surface area contributed by atoms with Crippen LogP contribution in [0.4, 0.5) is 18.9 Å². The van der Waals surface area contributed by atoms with E-state index in [0.29, 0.717) is 0 Å². The third-order valence-corrected chi connectivity index (χ3v) is 4.05. The molecule has 0 aliphatic heterocycles. The number of sulfonamides is 1. The summed E-state index contributed by atoms with van der Waals surface area (Å²) in [5.41, 5.74) is -0.917. The molecule has 0 heterocycles. The molecule has 2 N–H and O–H groups in total. The lowest BCUT2D eigenvalue weighted by Gasteiger charge is -2.11. The largest absolute Gasteiger partial charge is 0.507 e. The highest BCUT2D eigenvalue weighted by Gasteiger charge is 2.30. The zero-order valence-corrected chi connectivity index (χ0v) is 11.2. The van der Waals surface area contributed by atoms with Crippen molar-refractivity contribution in [2.45, 2.75) is 11.1 Å². The standard InChI is InChI=1S/C13H10F3NO3S/c14-13(15,16)9-5-7-10(8-6-9)17-21(19,20)12-4-2-1-3-11(12)18/h1-8,17-18H. The van der Waals surface area contributed by atoms with Crippen molar-refractivity contribution < 1.29 is 26.7 Å². The van der Waals surface area contributed by atoms with Gasteiger partial charge in [-0.05, 0) is 36.4 Å². The van der Waals surface area contributed by atoms with Crippen molar-refractivity contribution in [1.29, 1.82) is 0 Å². The van der Waals surface area contributed by atoms with Gasteiger partial charge in [0.05, 0.1) is 5.56 Å². The van der Waals surface area contributed by atoms with Crippen molar-refractivity contribution in [2.75, 3.05) is 4.72 Å². The Bertz CT molecular complexity index is 740. The summed E-state index contributed by atoms with van der Waals surface area (Å²) in [6, 6.07) is 8.78. The molecule has 2 rings (SSSR count). The molecule has 0 unspecified atom stereocenters. The number of alkyl halides is 3. The summed E-state index contributed by atoms with van der Waals surface area (Å²) in [4.78, 5) is -0.357. The fraction of sp³-hybridized carbons (Fsp3) is 0.0769. The van der Waals surface area contributed by atoms with E-state index in [1.54, 1.807) is 0 Å². The maximum atomic E-state index is 12.4. The molecule has 0 fully saturated rings. The number of hydrogen-bond acceptors (Lipinski definition) is 3. The monoisotopic (exact) mass is 317 g/mol. The van der Waals surface area contributed by atoms with E-state index in [0.717, 1.165) is 24.3 Å². The van der Waals surface area contributed by atoms with Gasteiger partial charge >= 0.3 is 6.18 Å². The summed E-state index contributed by atoms with van der Waals surface area (Å²) in [6.07, 6.45) is -4.49. The van der Waals surface area contributed by atoms with E-state index < -0.39 is 27.5 Å². The van der Waals surface area contributed by atoms with Crippen LogP contribution in [-0.2, 0) is 16.2 Å². The molecule has 0 amide bonds. The number of rotatable bonds is 3. The predicted octanol–water partition coefficient (Wildman–Crippen LogP) is 3.21. The number of benzene rings is 2. The van der Waals surface area contributed by atoms with Crippen LogP contribution in [0.2, 0.25) is 0 Å². The third-order valence-electron chi connectivity index (χ3n) is 2.62. The minimum atomic E-state index is -4.49. The zero-order valence-electron chi connectivity index (χ0n) is 10.4. The van der Waals surface area contributed by atoms with Crippen LogP contribution in [0.3, 0.4) is 0 Å². The Kier molecular flexibility index (Phi) is 3.82. The average Bonchev–Trinajstić information content (AvgIpc) is 2.38. The summed E-state index contributed by atoms with van der Waals surface area (Å²) in [6.45, 7) is 0. The second kappa shape index (κ2) is 5.28. The van der Waals surface area contributed by atoms with Crippen LogP contribution < -0.4 is 4.72 Å². The van der Waals surface area contributed by atoms with Crippen LogP contribution in [0, 0.1) is 0 Å². The Balaban J connectivity index is 2.28. The molecule has 112 valence electrons. The zero-order chi connectivity index (χ0) is 15.7. The van der Waals surface area contributed by atoms with Gasteiger partial charge in [-0.15, -0.1) is 0 Å². The molecular weight excluding hydrogens is 307 g/mol. The summed E-state index contributed by atoms with van der Waals surface area (Å²) in [7, 11) is -4.07. The van der Waals surface area contributed by atoms with Gasteiger partial charge in [-0.25, -0.2) is 8.42 Å². The number of hydrogen-bond donors (Lipinski definition) is 2. The van der Waals surface area contributed by atoms with Gasteiger partial charge in [0, 0.05) is 5.69 Å². The summed E-state index contributed by atoms with van der Waals surface area (Å²) in [5.74, 6) is -0.447. The molecule has 8 heteroatoms. The highest BCUT2D eigenvalue weighted by Crippen LogP contribution is 2.30.